The number of amides is 1. The van der Waals surface area contributed by atoms with Crippen LogP contribution in [0.15, 0.2) is 35.1 Å². The van der Waals surface area contributed by atoms with Gasteiger partial charge >= 0.3 is 0 Å². The largest absolute Gasteiger partial charge is 0.465 e. The quantitative estimate of drug-likeness (QED) is 0.824. The number of carbonyl (C=O) groups is 1. The van der Waals surface area contributed by atoms with E-state index in [9.17, 15) is 4.79 Å². The zero-order valence-electron chi connectivity index (χ0n) is 15.0. The average Bonchev–Trinajstić information content (AvgIpc) is 3.43. The second kappa shape index (κ2) is 7.86. The highest BCUT2D eigenvalue weighted by Gasteiger charge is 2.25. The molecule has 7 nitrogen and oxygen atoms in total. The maximum atomic E-state index is 12.4. The average molecular weight is 355 g/mol. The molecule has 0 atom stereocenters. The molecule has 0 aliphatic carbocycles. The summed E-state index contributed by atoms with van der Waals surface area (Å²) < 4.78 is 7.19. The Morgan fingerprint density at radius 1 is 1.23 bits per heavy atom. The van der Waals surface area contributed by atoms with Crippen LogP contribution in [0.2, 0.25) is 0 Å². The molecule has 0 aromatic carbocycles. The van der Waals surface area contributed by atoms with E-state index in [1.165, 1.54) is 0 Å². The van der Waals surface area contributed by atoms with Crippen molar-refractivity contribution >= 4 is 12.0 Å². The van der Waals surface area contributed by atoms with Gasteiger partial charge in [0, 0.05) is 32.7 Å². The van der Waals surface area contributed by atoms with Gasteiger partial charge in [-0.25, -0.2) is 4.68 Å². The lowest BCUT2D eigenvalue weighted by Gasteiger charge is -2.30. The van der Waals surface area contributed by atoms with E-state index in [1.54, 1.807) is 6.26 Å². The van der Waals surface area contributed by atoms with E-state index in [0.29, 0.717) is 11.7 Å². The molecule has 0 spiro atoms. The van der Waals surface area contributed by atoms with Gasteiger partial charge in [-0.15, -0.1) is 5.10 Å². The SMILES string of the molecule is O=C(c1cn(C2CCN(C/C=C/c3ccco3)CC2)nn1)N1CCCC1. The van der Waals surface area contributed by atoms with Crippen molar-refractivity contribution < 1.29 is 9.21 Å². The molecule has 26 heavy (non-hydrogen) atoms. The molecule has 2 aromatic heterocycles. The van der Waals surface area contributed by atoms with E-state index >= 15 is 0 Å². The van der Waals surface area contributed by atoms with Crippen LogP contribution in [-0.4, -0.2) is 63.4 Å². The number of nitrogens with zero attached hydrogens (tertiary/aromatic N) is 5. The minimum absolute atomic E-state index is 0.0225. The second-order valence-electron chi connectivity index (χ2n) is 7.03. The summed E-state index contributed by atoms with van der Waals surface area (Å²) in [4.78, 5) is 16.7. The van der Waals surface area contributed by atoms with Crippen molar-refractivity contribution in [2.75, 3.05) is 32.7 Å². The molecule has 0 radical (unpaired) electrons. The van der Waals surface area contributed by atoms with Gasteiger partial charge in [-0.2, -0.15) is 0 Å². The number of carbonyl (C=O) groups excluding carboxylic acids is 1. The molecular formula is C19H25N5O2. The van der Waals surface area contributed by atoms with Gasteiger partial charge in [0.2, 0.25) is 0 Å². The molecule has 138 valence electrons. The highest BCUT2D eigenvalue weighted by molar-refractivity contribution is 5.92. The third-order valence-corrected chi connectivity index (χ3v) is 5.24. The normalized spacial score (nSPS) is 19.6. The summed E-state index contributed by atoms with van der Waals surface area (Å²) in [7, 11) is 0. The summed E-state index contributed by atoms with van der Waals surface area (Å²) in [6, 6.07) is 4.17. The molecule has 7 heteroatoms. The van der Waals surface area contributed by atoms with Crippen molar-refractivity contribution in [1.82, 2.24) is 24.8 Å². The van der Waals surface area contributed by atoms with Crippen LogP contribution in [-0.2, 0) is 0 Å². The summed E-state index contributed by atoms with van der Waals surface area (Å²) in [5.41, 5.74) is 0.482. The molecule has 2 aliphatic heterocycles. The first kappa shape index (κ1) is 17.0. The predicted octanol–water partition coefficient (Wildman–Crippen LogP) is 2.46. The molecule has 4 rings (SSSR count). The molecule has 0 unspecified atom stereocenters. The van der Waals surface area contributed by atoms with Gasteiger partial charge in [-0.3, -0.25) is 9.69 Å². The van der Waals surface area contributed by atoms with Gasteiger partial charge in [-0.05, 0) is 43.9 Å². The van der Waals surface area contributed by atoms with Crippen LogP contribution >= 0.6 is 0 Å². The third-order valence-electron chi connectivity index (χ3n) is 5.24. The minimum Gasteiger partial charge on any atom is -0.465 e. The van der Waals surface area contributed by atoms with E-state index in [1.807, 2.05) is 34.0 Å². The lowest BCUT2D eigenvalue weighted by Crippen LogP contribution is -2.34. The highest BCUT2D eigenvalue weighted by atomic mass is 16.3. The zero-order valence-corrected chi connectivity index (χ0v) is 15.0. The Labute approximate surface area is 153 Å². The van der Waals surface area contributed by atoms with Crippen molar-refractivity contribution in [2.45, 2.75) is 31.7 Å². The van der Waals surface area contributed by atoms with Gasteiger partial charge in [-0.1, -0.05) is 11.3 Å². The second-order valence-corrected chi connectivity index (χ2v) is 7.03. The highest BCUT2D eigenvalue weighted by Crippen LogP contribution is 2.22. The van der Waals surface area contributed by atoms with Crippen LogP contribution in [0.5, 0.6) is 0 Å². The number of hydrogen-bond donors (Lipinski definition) is 0. The van der Waals surface area contributed by atoms with Crippen LogP contribution in [0.4, 0.5) is 0 Å². The van der Waals surface area contributed by atoms with E-state index in [0.717, 1.165) is 64.2 Å². The number of rotatable bonds is 5. The van der Waals surface area contributed by atoms with E-state index < -0.39 is 0 Å². The first-order valence-corrected chi connectivity index (χ1v) is 9.43. The van der Waals surface area contributed by atoms with Gasteiger partial charge < -0.3 is 9.32 Å². The lowest BCUT2D eigenvalue weighted by atomic mass is 10.1. The van der Waals surface area contributed by atoms with Crippen LogP contribution in [0.25, 0.3) is 6.08 Å². The molecule has 2 aromatic rings. The fraction of sp³-hybridized carbons (Fsp3) is 0.526. The maximum absolute atomic E-state index is 12.4. The number of likely N-dealkylation sites (tertiary alicyclic amines) is 2. The number of furan rings is 1. The summed E-state index contributed by atoms with van der Waals surface area (Å²) >= 11 is 0. The molecule has 0 bridgehead atoms. The summed E-state index contributed by atoms with van der Waals surface area (Å²) in [6.07, 6.45) is 11.9. The van der Waals surface area contributed by atoms with Crippen LogP contribution in [0, 0.1) is 0 Å². The standard InChI is InChI=1S/C19H25N5O2/c25-19(23-10-1-2-11-23)18-15-24(21-20-18)16-7-12-22(13-8-16)9-3-5-17-6-4-14-26-17/h3-6,14-16H,1-2,7-13H2/b5-3+. The first-order chi connectivity index (χ1) is 12.8. The van der Waals surface area contributed by atoms with E-state index in [-0.39, 0.29) is 5.91 Å². The zero-order chi connectivity index (χ0) is 17.8. The summed E-state index contributed by atoms with van der Waals surface area (Å²) in [6.45, 7) is 4.64. The Morgan fingerprint density at radius 3 is 2.77 bits per heavy atom. The summed E-state index contributed by atoms with van der Waals surface area (Å²) in [5, 5.41) is 8.35. The van der Waals surface area contributed by atoms with Gasteiger partial charge in [0.25, 0.3) is 5.91 Å². The van der Waals surface area contributed by atoms with Gasteiger partial charge in [0.15, 0.2) is 5.69 Å². The van der Waals surface area contributed by atoms with Crippen LogP contribution < -0.4 is 0 Å². The van der Waals surface area contributed by atoms with Crippen molar-refractivity contribution in [3.05, 3.63) is 42.1 Å². The van der Waals surface area contributed by atoms with E-state index in [4.69, 9.17) is 4.42 Å². The van der Waals surface area contributed by atoms with Gasteiger partial charge in [0.05, 0.1) is 18.5 Å². The maximum Gasteiger partial charge on any atom is 0.276 e. The van der Waals surface area contributed by atoms with E-state index in [2.05, 4.69) is 21.3 Å². The number of hydrogen-bond acceptors (Lipinski definition) is 5. The molecule has 2 aliphatic rings. The Balaban J connectivity index is 1.27. The molecule has 0 N–H and O–H groups in total. The smallest absolute Gasteiger partial charge is 0.276 e. The molecule has 2 fully saturated rings. The van der Waals surface area contributed by atoms with Crippen molar-refractivity contribution in [3.63, 3.8) is 0 Å². The van der Waals surface area contributed by atoms with Crippen molar-refractivity contribution in [2.24, 2.45) is 0 Å². The molecule has 4 heterocycles. The predicted molar refractivity (Wildman–Crippen MR) is 97.6 cm³/mol. The first-order valence-electron chi connectivity index (χ1n) is 9.43. The molecule has 0 saturated carbocycles. The number of aromatic nitrogens is 3. The monoisotopic (exact) mass is 355 g/mol. The Hall–Kier alpha value is -2.41. The molecular weight excluding hydrogens is 330 g/mol. The number of piperidine rings is 1. The van der Waals surface area contributed by atoms with Crippen molar-refractivity contribution in [3.8, 4) is 0 Å². The molecule has 2 saturated heterocycles. The fourth-order valence-electron chi connectivity index (χ4n) is 3.71. The Kier molecular flexibility index (Phi) is 5.15. The summed E-state index contributed by atoms with van der Waals surface area (Å²) in [5.74, 6) is 0.909. The molecule has 1 amide bonds. The lowest BCUT2D eigenvalue weighted by molar-refractivity contribution is 0.0787. The Bertz CT molecular complexity index is 738. The van der Waals surface area contributed by atoms with Crippen molar-refractivity contribution in [1.29, 1.82) is 0 Å². The third kappa shape index (κ3) is 3.88. The minimum atomic E-state index is 0.0225. The van der Waals surface area contributed by atoms with Crippen LogP contribution in [0.1, 0.15) is 48.0 Å². The Morgan fingerprint density at radius 2 is 2.04 bits per heavy atom. The van der Waals surface area contributed by atoms with Crippen LogP contribution in [0.3, 0.4) is 0 Å². The fourth-order valence-corrected chi connectivity index (χ4v) is 3.71. The van der Waals surface area contributed by atoms with Gasteiger partial charge in [0.1, 0.15) is 5.76 Å². The topological polar surface area (TPSA) is 67.4 Å².